The summed E-state index contributed by atoms with van der Waals surface area (Å²) in [5, 5.41) is 16.8. The van der Waals surface area contributed by atoms with Crippen molar-refractivity contribution < 1.29 is 14.3 Å². The molecule has 1 aromatic carbocycles. The summed E-state index contributed by atoms with van der Waals surface area (Å²) in [5.74, 6) is 0.367. The van der Waals surface area contributed by atoms with E-state index in [4.69, 9.17) is 4.42 Å². The quantitative estimate of drug-likeness (QED) is 0.416. The van der Waals surface area contributed by atoms with Crippen LogP contribution in [0.4, 0.5) is 0 Å². The van der Waals surface area contributed by atoms with Crippen LogP contribution in [-0.4, -0.2) is 16.6 Å². The minimum atomic E-state index is -0.344. The summed E-state index contributed by atoms with van der Waals surface area (Å²) in [4.78, 5) is 12.3. The number of nitrogens with one attached hydrogen (secondary N) is 2. The zero-order valence-corrected chi connectivity index (χ0v) is 22.0. The highest BCUT2D eigenvalue weighted by Gasteiger charge is 2.23. The van der Waals surface area contributed by atoms with Gasteiger partial charge in [-0.15, -0.1) is 0 Å². The minimum absolute atomic E-state index is 0.254. The Morgan fingerprint density at radius 1 is 1.09 bits per heavy atom. The molecule has 3 N–H and O–H groups in total. The summed E-state index contributed by atoms with van der Waals surface area (Å²) < 4.78 is 5.16. The van der Waals surface area contributed by atoms with Crippen LogP contribution in [0, 0.1) is 13.8 Å². The van der Waals surface area contributed by atoms with Gasteiger partial charge in [-0.3, -0.25) is 4.79 Å². The van der Waals surface area contributed by atoms with Crippen molar-refractivity contribution in [3.63, 3.8) is 0 Å². The van der Waals surface area contributed by atoms with E-state index in [1.165, 1.54) is 6.26 Å². The van der Waals surface area contributed by atoms with Gasteiger partial charge in [-0.1, -0.05) is 71.4 Å². The maximum absolute atomic E-state index is 12.3. The van der Waals surface area contributed by atoms with Crippen molar-refractivity contribution in [3.05, 3.63) is 76.9 Å². The fourth-order valence-corrected chi connectivity index (χ4v) is 3.35. The standard InChI is InChI=1S/C22H26N2O3.3C2H6/c1-15-11-16(2)20(25)17(12-15)14-23-22(3)9-5-4-7-18(13-22)24-21(26)19-8-6-10-27-19;3*1-2/h4-6,8,10-13,23,25H,7,9,14H2,1-3H3,(H,24,26);3*1-2H3. The highest BCUT2D eigenvalue weighted by atomic mass is 16.3. The molecule has 33 heavy (non-hydrogen) atoms. The van der Waals surface area contributed by atoms with Gasteiger partial charge in [0.05, 0.1) is 6.26 Å². The number of allylic oxidation sites excluding steroid dienone is 1. The molecule has 0 bridgehead atoms. The van der Waals surface area contributed by atoms with Crippen LogP contribution in [0.2, 0.25) is 0 Å². The number of phenols is 1. The van der Waals surface area contributed by atoms with E-state index >= 15 is 0 Å². The monoisotopic (exact) mass is 456 g/mol. The lowest BCUT2D eigenvalue weighted by atomic mass is 9.96. The molecule has 1 aliphatic rings. The molecule has 0 radical (unpaired) electrons. The van der Waals surface area contributed by atoms with E-state index in [0.717, 1.165) is 28.8 Å². The van der Waals surface area contributed by atoms with E-state index in [1.807, 2.05) is 73.6 Å². The van der Waals surface area contributed by atoms with E-state index in [9.17, 15) is 9.90 Å². The van der Waals surface area contributed by atoms with Crippen molar-refractivity contribution in [1.82, 2.24) is 10.6 Å². The van der Waals surface area contributed by atoms with Gasteiger partial charge in [0.25, 0.3) is 5.91 Å². The second-order valence-electron chi connectivity index (χ2n) is 7.34. The van der Waals surface area contributed by atoms with Crippen LogP contribution in [0.3, 0.4) is 0 Å². The Morgan fingerprint density at radius 2 is 1.76 bits per heavy atom. The molecule has 3 rings (SSSR count). The Kier molecular flexibility index (Phi) is 14.6. The van der Waals surface area contributed by atoms with Gasteiger partial charge < -0.3 is 20.2 Å². The second kappa shape index (κ2) is 15.9. The Balaban J connectivity index is 0.00000158. The Morgan fingerprint density at radius 3 is 2.36 bits per heavy atom. The smallest absolute Gasteiger partial charge is 0.291 e. The molecule has 0 fully saturated rings. The Labute approximate surface area is 201 Å². The number of rotatable bonds is 5. The number of phenolic OH excluding ortho intramolecular Hbond substituents is 1. The second-order valence-corrected chi connectivity index (χ2v) is 7.34. The first-order chi connectivity index (χ1) is 15.9. The van der Waals surface area contributed by atoms with Gasteiger partial charge >= 0.3 is 0 Å². The zero-order chi connectivity index (χ0) is 25.4. The average Bonchev–Trinajstić information content (AvgIpc) is 3.31. The van der Waals surface area contributed by atoms with Crippen LogP contribution < -0.4 is 10.6 Å². The summed E-state index contributed by atoms with van der Waals surface area (Å²) in [6, 6.07) is 7.30. The van der Waals surface area contributed by atoms with Crippen molar-refractivity contribution in [2.75, 3.05) is 0 Å². The van der Waals surface area contributed by atoms with Crippen LogP contribution in [0.25, 0.3) is 0 Å². The van der Waals surface area contributed by atoms with Crippen molar-refractivity contribution >= 4 is 5.91 Å². The molecule has 5 nitrogen and oxygen atoms in total. The first-order valence-corrected chi connectivity index (χ1v) is 12.1. The zero-order valence-electron chi connectivity index (χ0n) is 22.0. The van der Waals surface area contributed by atoms with Crippen molar-refractivity contribution in [3.8, 4) is 5.75 Å². The molecule has 0 aliphatic heterocycles. The SMILES string of the molecule is CC.CC.CC.Cc1cc(C)c(O)c(CNC2(C)C=C(NC(=O)c3ccco3)CC=CC2)c1. The van der Waals surface area contributed by atoms with Crippen LogP contribution in [-0.2, 0) is 6.54 Å². The third-order valence-corrected chi connectivity index (χ3v) is 4.76. The molecule has 1 heterocycles. The molecular formula is C28H44N2O3. The topological polar surface area (TPSA) is 74.5 Å². The van der Waals surface area contributed by atoms with Crippen LogP contribution >= 0.6 is 0 Å². The lowest BCUT2D eigenvalue weighted by Gasteiger charge is -2.27. The molecule has 0 spiro atoms. The van der Waals surface area contributed by atoms with Crippen LogP contribution in [0.5, 0.6) is 5.75 Å². The summed E-state index contributed by atoms with van der Waals surface area (Å²) in [7, 11) is 0. The lowest BCUT2D eigenvalue weighted by Crippen LogP contribution is -2.40. The van der Waals surface area contributed by atoms with E-state index in [1.54, 1.807) is 12.1 Å². The maximum Gasteiger partial charge on any atom is 0.291 e. The Hall–Kier alpha value is -2.79. The lowest BCUT2D eigenvalue weighted by molar-refractivity contribution is 0.0937. The number of aryl methyl sites for hydroxylation is 2. The van der Waals surface area contributed by atoms with Gasteiger partial charge in [-0.2, -0.15) is 0 Å². The molecule has 1 unspecified atom stereocenters. The third-order valence-electron chi connectivity index (χ3n) is 4.76. The normalized spacial score (nSPS) is 16.5. The summed E-state index contributed by atoms with van der Waals surface area (Å²) in [6.07, 6.45) is 9.13. The maximum atomic E-state index is 12.3. The number of hydrogen-bond acceptors (Lipinski definition) is 4. The van der Waals surface area contributed by atoms with Crippen molar-refractivity contribution in [2.24, 2.45) is 0 Å². The van der Waals surface area contributed by atoms with E-state index in [0.29, 0.717) is 24.5 Å². The molecule has 5 heteroatoms. The fourth-order valence-electron chi connectivity index (χ4n) is 3.35. The summed E-state index contributed by atoms with van der Waals surface area (Å²) in [5.41, 5.74) is 3.35. The van der Waals surface area contributed by atoms with Crippen molar-refractivity contribution in [1.29, 1.82) is 0 Å². The van der Waals surface area contributed by atoms with Gasteiger partial charge in [0, 0.05) is 29.8 Å². The predicted molar refractivity (Wildman–Crippen MR) is 140 cm³/mol. The number of aromatic hydroxyl groups is 1. The molecule has 1 aromatic heterocycles. The average molecular weight is 457 g/mol. The van der Waals surface area contributed by atoms with Crippen molar-refractivity contribution in [2.45, 2.75) is 87.2 Å². The number of amides is 1. The molecule has 2 aromatic rings. The van der Waals surface area contributed by atoms with Gasteiger partial charge in [0.1, 0.15) is 5.75 Å². The third kappa shape index (κ3) is 9.70. The van der Waals surface area contributed by atoms with E-state index in [-0.39, 0.29) is 11.4 Å². The first kappa shape index (κ1) is 30.2. The van der Waals surface area contributed by atoms with E-state index in [2.05, 4.69) is 29.7 Å². The van der Waals surface area contributed by atoms with Crippen LogP contribution in [0.15, 0.2) is 58.9 Å². The molecule has 1 aliphatic carbocycles. The van der Waals surface area contributed by atoms with Gasteiger partial charge in [-0.25, -0.2) is 0 Å². The first-order valence-electron chi connectivity index (χ1n) is 12.1. The number of furan rings is 1. The number of carbonyl (C=O) groups is 1. The van der Waals surface area contributed by atoms with Gasteiger partial charge in [-0.05, 0) is 51.0 Å². The molecule has 0 saturated heterocycles. The molecule has 1 atom stereocenters. The molecular weight excluding hydrogens is 412 g/mol. The van der Waals surface area contributed by atoms with Gasteiger partial charge in [0.15, 0.2) is 5.76 Å². The minimum Gasteiger partial charge on any atom is -0.507 e. The number of hydrogen-bond donors (Lipinski definition) is 3. The van der Waals surface area contributed by atoms with Crippen LogP contribution in [0.1, 0.15) is 88.6 Å². The fraction of sp³-hybridized carbons (Fsp3) is 0.464. The summed E-state index contributed by atoms with van der Waals surface area (Å²) in [6.45, 7) is 18.5. The summed E-state index contributed by atoms with van der Waals surface area (Å²) >= 11 is 0. The molecule has 0 saturated carbocycles. The number of benzene rings is 1. The molecule has 184 valence electrons. The Bertz CT molecular complexity index is 883. The predicted octanol–water partition coefficient (Wildman–Crippen LogP) is 7.19. The highest BCUT2D eigenvalue weighted by Crippen LogP contribution is 2.26. The largest absolute Gasteiger partial charge is 0.507 e. The molecule has 1 amide bonds. The van der Waals surface area contributed by atoms with E-state index < -0.39 is 0 Å². The van der Waals surface area contributed by atoms with Gasteiger partial charge in [0.2, 0.25) is 0 Å². The number of carbonyl (C=O) groups excluding carboxylic acids is 1. The highest BCUT2D eigenvalue weighted by molar-refractivity contribution is 5.92.